The molecule has 2 N–H and O–H groups in total. The SMILES string of the molecule is CC1CN(C(=O)c2ccncc2N)CCN1C. The van der Waals surface area contributed by atoms with Gasteiger partial charge in [0.1, 0.15) is 0 Å². The highest BCUT2D eigenvalue weighted by Crippen LogP contribution is 2.15. The lowest BCUT2D eigenvalue weighted by atomic mass is 10.1. The van der Waals surface area contributed by atoms with Gasteiger partial charge in [-0.3, -0.25) is 9.78 Å². The van der Waals surface area contributed by atoms with Crippen LogP contribution in [0, 0.1) is 0 Å². The van der Waals surface area contributed by atoms with Crippen LogP contribution in [-0.4, -0.2) is 53.4 Å². The standard InChI is InChI=1S/C12H18N4O/c1-9-8-16(6-5-15(9)2)12(17)10-3-4-14-7-11(10)13/h3-4,7,9H,5-6,8,13H2,1-2H3. The molecule has 0 aliphatic carbocycles. The van der Waals surface area contributed by atoms with Gasteiger partial charge in [0.2, 0.25) is 0 Å². The van der Waals surface area contributed by atoms with Gasteiger partial charge < -0.3 is 15.5 Å². The minimum absolute atomic E-state index is 0.00449. The number of hydrogen-bond acceptors (Lipinski definition) is 4. The van der Waals surface area contributed by atoms with E-state index in [9.17, 15) is 4.79 Å². The van der Waals surface area contributed by atoms with Crippen LogP contribution in [0.2, 0.25) is 0 Å². The van der Waals surface area contributed by atoms with Gasteiger partial charge in [0.05, 0.1) is 17.4 Å². The molecular weight excluding hydrogens is 216 g/mol. The number of nitrogens with zero attached hydrogens (tertiary/aromatic N) is 3. The van der Waals surface area contributed by atoms with Gasteiger partial charge in [0, 0.05) is 31.9 Å². The van der Waals surface area contributed by atoms with Crippen LogP contribution in [0.1, 0.15) is 17.3 Å². The van der Waals surface area contributed by atoms with Crippen LogP contribution in [0.25, 0.3) is 0 Å². The first-order chi connectivity index (χ1) is 8.09. The summed E-state index contributed by atoms with van der Waals surface area (Å²) in [6.07, 6.45) is 3.12. The van der Waals surface area contributed by atoms with Crippen molar-refractivity contribution < 1.29 is 4.79 Å². The summed E-state index contributed by atoms with van der Waals surface area (Å²) in [6, 6.07) is 2.07. The molecule has 0 spiro atoms. The molecule has 1 aliphatic rings. The Morgan fingerprint density at radius 1 is 1.53 bits per heavy atom. The first kappa shape index (κ1) is 11.9. The number of anilines is 1. The van der Waals surface area contributed by atoms with Gasteiger partial charge in [-0.1, -0.05) is 0 Å². The molecule has 1 aliphatic heterocycles. The number of nitrogens with two attached hydrogens (primary N) is 1. The molecule has 5 heteroatoms. The van der Waals surface area contributed by atoms with Crippen LogP contribution in [-0.2, 0) is 0 Å². The molecule has 0 saturated carbocycles. The Labute approximate surface area is 101 Å². The average Bonchev–Trinajstić information content (AvgIpc) is 2.32. The Morgan fingerprint density at radius 2 is 2.29 bits per heavy atom. The van der Waals surface area contributed by atoms with Crippen molar-refractivity contribution in [2.24, 2.45) is 0 Å². The number of carbonyl (C=O) groups excluding carboxylic acids is 1. The molecule has 5 nitrogen and oxygen atoms in total. The van der Waals surface area contributed by atoms with Gasteiger partial charge in [-0.05, 0) is 20.0 Å². The van der Waals surface area contributed by atoms with E-state index in [1.807, 2.05) is 4.90 Å². The molecule has 1 unspecified atom stereocenters. The second-order valence-corrected chi connectivity index (χ2v) is 4.54. The number of rotatable bonds is 1. The molecule has 1 saturated heterocycles. The van der Waals surface area contributed by atoms with Gasteiger partial charge in [-0.15, -0.1) is 0 Å². The Balaban J connectivity index is 2.14. The van der Waals surface area contributed by atoms with Gasteiger partial charge in [0.15, 0.2) is 0 Å². The molecule has 17 heavy (non-hydrogen) atoms. The molecule has 1 fully saturated rings. The van der Waals surface area contributed by atoms with E-state index in [0.717, 1.165) is 19.6 Å². The third-order valence-electron chi connectivity index (χ3n) is 3.33. The Kier molecular flexibility index (Phi) is 3.28. The van der Waals surface area contributed by atoms with E-state index in [2.05, 4.69) is 23.9 Å². The fraction of sp³-hybridized carbons (Fsp3) is 0.500. The van der Waals surface area contributed by atoms with Crippen molar-refractivity contribution in [2.75, 3.05) is 32.4 Å². The largest absolute Gasteiger partial charge is 0.397 e. The monoisotopic (exact) mass is 234 g/mol. The van der Waals surface area contributed by atoms with Crippen molar-refractivity contribution in [1.29, 1.82) is 0 Å². The van der Waals surface area contributed by atoms with E-state index >= 15 is 0 Å². The van der Waals surface area contributed by atoms with Crippen molar-refractivity contribution in [2.45, 2.75) is 13.0 Å². The molecule has 0 radical (unpaired) electrons. The number of aromatic nitrogens is 1. The Hall–Kier alpha value is -1.62. The van der Waals surface area contributed by atoms with Crippen LogP contribution in [0.15, 0.2) is 18.5 Å². The zero-order valence-corrected chi connectivity index (χ0v) is 10.3. The maximum atomic E-state index is 12.3. The van der Waals surface area contributed by atoms with E-state index in [4.69, 9.17) is 5.73 Å². The van der Waals surface area contributed by atoms with E-state index in [1.165, 1.54) is 6.20 Å². The van der Waals surface area contributed by atoms with Crippen LogP contribution in [0.3, 0.4) is 0 Å². The summed E-state index contributed by atoms with van der Waals surface area (Å²) in [6.45, 7) is 4.52. The topological polar surface area (TPSA) is 62.5 Å². The maximum Gasteiger partial charge on any atom is 0.256 e. The predicted octanol–water partition coefficient (Wildman–Crippen LogP) is 0.440. The maximum absolute atomic E-state index is 12.3. The molecule has 0 aromatic carbocycles. The Bertz CT molecular complexity index is 421. The number of pyridine rings is 1. The quantitative estimate of drug-likeness (QED) is 0.766. The summed E-state index contributed by atoms with van der Waals surface area (Å²) in [7, 11) is 2.08. The number of hydrogen-bond donors (Lipinski definition) is 1. The number of amides is 1. The fourth-order valence-corrected chi connectivity index (χ4v) is 2.00. The smallest absolute Gasteiger partial charge is 0.256 e. The minimum atomic E-state index is 0.00449. The van der Waals surface area contributed by atoms with Gasteiger partial charge >= 0.3 is 0 Å². The fourth-order valence-electron chi connectivity index (χ4n) is 2.00. The van der Waals surface area contributed by atoms with Gasteiger partial charge in [-0.25, -0.2) is 0 Å². The molecule has 1 aromatic heterocycles. The molecule has 2 heterocycles. The number of carbonyl (C=O) groups is 1. The minimum Gasteiger partial charge on any atom is -0.397 e. The molecule has 1 atom stereocenters. The van der Waals surface area contributed by atoms with Crippen molar-refractivity contribution in [3.8, 4) is 0 Å². The van der Waals surface area contributed by atoms with E-state index < -0.39 is 0 Å². The summed E-state index contributed by atoms with van der Waals surface area (Å²) in [4.78, 5) is 20.3. The number of likely N-dealkylation sites (N-methyl/N-ethyl adjacent to an activating group) is 1. The first-order valence-electron chi connectivity index (χ1n) is 5.78. The van der Waals surface area contributed by atoms with Crippen molar-refractivity contribution in [3.05, 3.63) is 24.0 Å². The van der Waals surface area contributed by atoms with Crippen molar-refractivity contribution in [3.63, 3.8) is 0 Å². The summed E-state index contributed by atoms with van der Waals surface area (Å²) in [5, 5.41) is 0. The number of nitrogen functional groups attached to an aromatic ring is 1. The van der Waals surface area contributed by atoms with Gasteiger partial charge in [0.25, 0.3) is 5.91 Å². The zero-order valence-electron chi connectivity index (χ0n) is 10.3. The first-order valence-corrected chi connectivity index (χ1v) is 5.78. The van der Waals surface area contributed by atoms with E-state index in [1.54, 1.807) is 12.3 Å². The highest BCUT2D eigenvalue weighted by atomic mass is 16.2. The van der Waals surface area contributed by atoms with E-state index in [0.29, 0.717) is 17.3 Å². The molecule has 92 valence electrons. The molecule has 2 rings (SSSR count). The molecule has 1 aromatic rings. The molecular formula is C12H18N4O. The normalized spacial score (nSPS) is 21.5. The zero-order chi connectivity index (χ0) is 12.4. The lowest BCUT2D eigenvalue weighted by Gasteiger charge is -2.37. The van der Waals surface area contributed by atoms with Crippen LogP contribution in [0.5, 0.6) is 0 Å². The highest BCUT2D eigenvalue weighted by molar-refractivity contribution is 5.98. The second-order valence-electron chi connectivity index (χ2n) is 4.54. The Morgan fingerprint density at radius 3 is 2.94 bits per heavy atom. The van der Waals surface area contributed by atoms with Crippen LogP contribution in [0.4, 0.5) is 5.69 Å². The third-order valence-corrected chi connectivity index (χ3v) is 3.33. The summed E-state index contributed by atoms with van der Waals surface area (Å²) >= 11 is 0. The highest BCUT2D eigenvalue weighted by Gasteiger charge is 2.25. The number of piperazine rings is 1. The third kappa shape index (κ3) is 2.39. The molecule has 1 amide bonds. The summed E-state index contributed by atoms with van der Waals surface area (Å²) in [5.74, 6) is 0.00449. The predicted molar refractivity (Wildman–Crippen MR) is 66.6 cm³/mol. The van der Waals surface area contributed by atoms with Crippen LogP contribution < -0.4 is 5.73 Å². The van der Waals surface area contributed by atoms with E-state index in [-0.39, 0.29) is 5.91 Å². The van der Waals surface area contributed by atoms with Crippen LogP contribution >= 0.6 is 0 Å². The molecule has 0 bridgehead atoms. The summed E-state index contributed by atoms with van der Waals surface area (Å²) in [5.41, 5.74) is 6.77. The van der Waals surface area contributed by atoms with Crippen molar-refractivity contribution >= 4 is 11.6 Å². The van der Waals surface area contributed by atoms with Crippen molar-refractivity contribution in [1.82, 2.24) is 14.8 Å². The summed E-state index contributed by atoms with van der Waals surface area (Å²) < 4.78 is 0. The lowest BCUT2D eigenvalue weighted by Crippen LogP contribution is -2.52. The lowest BCUT2D eigenvalue weighted by molar-refractivity contribution is 0.0573. The second kappa shape index (κ2) is 4.71. The average molecular weight is 234 g/mol. The van der Waals surface area contributed by atoms with Gasteiger partial charge in [-0.2, -0.15) is 0 Å².